The maximum atomic E-state index is 13.3. The highest BCUT2D eigenvalue weighted by Crippen LogP contribution is 2.66. The Balaban J connectivity index is 1.32. The minimum Gasteiger partial charge on any atom is -0.486 e. The lowest BCUT2D eigenvalue weighted by Crippen LogP contribution is -2.45. The smallest absolute Gasteiger partial charge is 0.226 e. The van der Waals surface area contributed by atoms with E-state index in [1.807, 2.05) is 34.9 Å². The Morgan fingerprint density at radius 3 is 2.69 bits per heavy atom. The summed E-state index contributed by atoms with van der Waals surface area (Å²) in [5, 5.41) is 0. The third-order valence-corrected chi connectivity index (χ3v) is 7.42. The van der Waals surface area contributed by atoms with Crippen molar-refractivity contribution in [3.63, 3.8) is 0 Å². The number of aryl methyl sites for hydroxylation is 1. The number of nitrogens with zero attached hydrogens (tertiary/aromatic N) is 2. The Labute approximate surface area is 171 Å². The summed E-state index contributed by atoms with van der Waals surface area (Å²) < 4.78 is 6.46. The van der Waals surface area contributed by atoms with Crippen molar-refractivity contribution in [1.29, 1.82) is 0 Å². The summed E-state index contributed by atoms with van der Waals surface area (Å²) in [6.07, 6.45) is 3.00. The molecule has 4 aliphatic rings. The molecule has 29 heavy (non-hydrogen) atoms. The van der Waals surface area contributed by atoms with Crippen LogP contribution in [0.4, 0.5) is 0 Å². The molecule has 1 spiro atoms. The van der Waals surface area contributed by atoms with Crippen molar-refractivity contribution in [3.05, 3.63) is 29.3 Å². The molecule has 0 N–H and O–H groups in total. The Morgan fingerprint density at radius 2 is 1.90 bits per heavy atom. The van der Waals surface area contributed by atoms with Crippen molar-refractivity contribution in [2.75, 3.05) is 26.2 Å². The number of fused-ring (bicyclic) bond motifs is 3. The van der Waals surface area contributed by atoms with Crippen molar-refractivity contribution >= 4 is 17.6 Å². The summed E-state index contributed by atoms with van der Waals surface area (Å²) in [7, 11) is 0. The van der Waals surface area contributed by atoms with E-state index in [2.05, 4.69) is 0 Å². The number of benzene rings is 1. The molecule has 2 aliphatic carbocycles. The quantitative estimate of drug-likeness (QED) is 0.731. The van der Waals surface area contributed by atoms with Crippen LogP contribution in [0.3, 0.4) is 0 Å². The van der Waals surface area contributed by atoms with Crippen LogP contribution in [0.2, 0.25) is 0 Å². The number of hydrogen-bond acceptors (Lipinski definition) is 4. The molecular formula is C23H28N2O4. The number of ketones is 1. The number of rotatable bonds is 1. The van der Waals surface area contributed by atoms with Crippen LogP contribution in [0, 0.1) is 24.7 Å². The molecule has 2 amide bonds. The summed E-state index contributed by atoms with van der Waals surface area (Å²) in [5.41, 5.74) is 1.22. The Morgan fingerprint density at radius 1 is 1.14 bits per heavy atom. The standard InChI is InChI=1S/C23H28N2O4/c1-14-4-5-19-17(12-14)18(27)13-23(29-19)7-6-16-20(21(16)23)22(28)25-9-3-8-24(10-11-25)15(2)26/h4-5,12,16,20-21H,3,6-11,13H2,1-2H3. The molecule has 6 nitrogen and oxygen atoms in total. The van der Waals surface area contributed by atoms with E-state index in [0.29, 0.717) is 49.8 Å². The van der Waals surface area contributed by atoms with E-state index < -0.39 is 5.60 Å². The van der Waals surface area contributed by atoms with Crippen molar-refractivity contribution < 1.29 is 19.1 Å². The van der Waals surface area contributed by atoms with Gasteiger partial charge in [-0.25, -0.2) is 0 Å². The monoisotopic (exact) mass is 396 g/mol. The maximum absolute atomic E-state index is 13.3. The summed E-state index contributed by atoms with van der Waals surface area (Å²) in [6, 6.07) is 5.79. The van der Waals surface area contributed by atoms with Gasteiger partial charge in [0.05, 0.1) is 12.0 Å². The summed E-state index contributed by atoms with van der Waals surface area (Å²) in [4.78, 5) is 41.6. The van der Waals surface area contributed by atoms with E-state index in [9.17, 15) is 14.4 Å². The van der Waals surface area contributed by atoms with Gasteiger partial charge >= 0.3 is 0 Å². The molecule has 1 aromatic carbocycles. The topological polar surface area (TPSA) is 66.9 Å². The molecule has 0 aromatic heterocycles. The van der Waals surface area contributed by atoms with Crippen LogP contribution >= 0.6 is 0 Å². The summed E-state index contributed by atoms with van der Waals surface area (Å²) in [5.74, 6) is 1.51. The first kappa shape index (κ1) is 18.6. The number of carbonyl (C=O) groups is 3. The molecule has 2 aliphatic heterocycles. The second-order valence-corrected chi connectivity index (χ2v) is 9.21. The average molecular weight is 396 g/mol. The van der Waals surface area contributed by atoms with Gasteiger partial charge in [0.15, 0.2) is 5.78 Å². The van der Waals surface area contributed by atoms with Gasteiger partial charge in [-0.2, -0.15) is 0 Å². The minimum atomic E-state index is -0.512. The highest BCUT2D eigenvalue weighted by molar-refractivity contribution is 6.01. The molecule has 4 atom stereocenters. The molecule has 1 saturated heterocycles. The molecule has 5 rings (SSSR count). The van der Waals surface area contributed by atoms with E-state index >= 15 is 0 Å². The van der Waals surface area contributed by atoms with E-state index in [0.717, 1.165) is 24.8 Å². The van der Waals surface area contributed by atoms with Gasteiger partial charge in [-0.05, 0) is 44.2 Å². The zero-order chi connectivity index (χ0) is 20.3. The van der Waals surface area contributed by atoms with Crippen LogP contribution in [-0.4, -0.2) is 59.2 Å². The van der Waals surface area contributed by atoms with Crippen molar-refractivity contribution in [2.45, 2.75) is 45.1 Å². The first-order valence-electron chi connectivity index (χ1n) is 10.8. The van der Waals surface area contributed by atoms with Gasteiger partial charge in [0.2, 0.25) is 11.8 Å². The second-order valence-electron chi connectivity index (χ2n) is 9.21. The zero-order valence-corrected chi connectivity index (χ0v) is 17.1. The van der Waals surface area contributed by atoms with Gasteiger partial charge in [0, 0.05) is 44.9 Å². The molecule has 1 aromatic rings. The zero-order valence-electron chi connectivity index (χ0n) is 17.1. The molecule has 4 unspecified atom stereocenters. The fraction of sp³-hybridized carbons (Fsp3) is 0.609. The van der Waals surface area contributed by atoms with Crippen LogP contribution in [-0.2, 0) is 9.59 Å². The van der Waals surface area contributed by atoms with Crippen molar-refractivity contribution in [2.24, 2.45) is 17.8 Å². The van der Waals surface area contributed by atoms with E-state index in [-0.39, 0.29) is 29.4 Å². The Bertz CT molecular complexity index is 897. The summed E-state index contributed by atoms with van der Waals surface area (Å²) >= 11 is 0. The van der Waals surface area contributed by atoms with Gasteiger partial charge in [-0.15, -0.1) is 0 Å². The molecular weight excluding hydrogens is 368 g/mol. The highest BCUT2D eigenvalue weighted by atomic mass is 16.5. The summed E-state index contributed by atoms with van der Waals surface area (Å²) in [6.45, 7) is 6.19. The number of carbonyl (C=O) groups excluding carboxylic acids is 3. The van der Waals surface area contributed by atoms with Crippen molar-refractivity contribution in [1.82, 2.24) is 9.80 Å². The number of Topliss-reactive ketones (excluding diaryl/α,β-unsaturated/α-hetero) is 1. The van der Waals surface area contributed by atoms with Crippen LogP contribution < -0.4 is 4.74 Å². The first-order chi connectivity index (χ1) is 13.9. The van der Waals surface area contributed by atoms with Crippen LogP contribution in [0.15, 0.2) is 18.2 Å². The number of amides is 2. The lowest BCUT2D eigenvalue weighted by molar-refractivity contribution is -0.135. The fourth-order valence-corrected chi connectivity index (χ4v) is 5.93. The van der Waals surface area contributed by atoms with Gasteiger partial charge < -0.3 is 14.5 Å². The highest BCUT2D eigenvalue weighted by Gasteiger charge is 2.71. The Hall–Kier alpha value is -2.37. The SMILES string of the molecule is CC(=O)N1CCCN(C(=O)C2C3CCC4(CC(=O)c5cc(C)ccc5O4)C32)CC1. The van der Waals surface area contributed by atoms with Crippen LogP contribution in [0.5, 0.6) is 5.75 Å². The Kier molecular flexibility index (Phi) is 4.23. The third-order valence-electron chi connectivity index (χ3n) is 7.42. The van der Waals surface area contributed by atoms with Gasteiger partial charge in [0.25, 0.3) is 0 Å². The lowest BCUT2D eigenvalue weighted by Gasteiger charge is -2.37. The van der Waals surface area contributed by atoms with E-state index in [1.165, 1.54) is 0 Å². The third kappa shape index (κ3) is 2.95. The predicted octanol–water partition coefficient (Wildman–Crippen LogP) is 2.44. The maximum Gasteiger partial charge on any atom is 0.226 e. The van der Waals surface area contributed by atoms with Crippen LogP contribution in [0.25, 0.3) is 0 Å². The van der Waals surface area contributed by atoms with Gasteiger partial charge in [-0.3, -0.25) is 14.4 Å². The molecule has 154 valence electrons. The molecule has 6 heteroatoms. The second kappa shape index (κ2) is 6.57. The lowest BCUT2D eigenvalue weighted by atomic mass is 9.84. The first-order valence-corrected chi connectivity index (χ1v) is 10.8. The van der Waals surface area contributed by atoms with E-state index in [1.54, 1.807) is 6.92 Å². The number of ether oxygens (including phenoxy) is 1. The van der Waals surface area contributed by atoms with E-state index in [4.69, 9.17) is 4.74 Å². The normalized spacial score (nSPS) is 33.0. The average Bonchev–Trinajstić information content (AvgIpc) is 3.39. The molecule has 2 heterocycles. The molecule has 0 radical (unpaired) electrons. The minimum absolute atomic E-state index is 0.0348. The fourth-order valence-electron chi connectivity index (χ4n) is 5.93. The molecule has 2 saturated carbocycles. The molecule has 0 bridgehead atoms. The predicted molar refractivity (Wildman–Crippen MR) is 107 cm³/mol. The molecule has 3 fully saturated rings. The van der Waals surface area contributed by atoms with Gasteiger partial charge in [0.1, 0.15) is 11.4 Å². The largest absolute Gasteiger partial charge is 0.486 e. The van der Waals surface area contributed by atoms with Gasteiger partial charge in [-0.1, -0.05) is 11.6 Å². The van der Waals surface area contributed by atoms with Crippen LogP contribution in [0.1, 0.15) is 48.5 Å². The number of hydrogen-bond donors (Lipinski definition) is 0. The van der Waals surface area contributed by atoms with Crippen molar-refractivity contribution in [3.8, 4) is 5.75 Å².